The Balaban J connectivity index is 2.05. The summed E-state index contributed by atoms with van der Waals surface area (Å²) in [7, 11) is 2.11. The topological polar surface area (TPSA) is 42.4 Å². The molecule has 0 amide bonds. The van der Waals surface area contributed by atoms with Gasteiger partial charge >= 0.3 is 0 Å². The summed E-state index contributed by atoms with van der Waals surface area (Å²) >= 11 is 0. The zero-order chi connectivity index (χ0) is 12.3. The van der Waals surface area contributed by atoms with Gasteiger partial charge in [0.25, 0.3) is 0 Å². The Labute approximate surface area is 102 Å². The smallest absolute Gasteiger partial charge is 0.224 e. The Hall–Kier alpha value is -1.42. The van der Waals surface area contributed by atoms with Crippen molar-refractivity contribution in [1.29, 1.82) is 0 Å². The average Bonchev–Trinajstić information content (AvgIpc) is 2.32. The van der Waals surface area contributed by atoms with Crippen molar-refractivity contribution in [2.24, 2.45) is 0 Å². The summed E-state index contributed by atoms with van der Waals surface area (Å²) in [6.07, 6.45) is 3.82. The van der Waals surface area contributed by atoms with E-state index in [0.29, 0.717) is 11.4 Å². The lowest BCUT2D eigenvalue weighted by Crippen LogP contribution is -2.36. The van der Waals surface area contributed by atoms with Gasteiger partial charge in [-0.05, 0) is 38.9 Å². The van der Waals surface area contributed by atoms with Gasteiger partial charge in [-0.3, -0.25) is 4.79 Å². The van der Waals surface area contributed by atoms with Crippen LogP contribution in [0.2, 0.25) is 0 Å². The zero-order valence-corrected chi connectivity index (χ0v) is 10.3. The molecular weight excluding hydrogens is 216 g/mol. The highest BCUT2D eigenvalue weighted by Crippen LogP contribution is 2.20. The van der Waals surface area contributed by atoms with Gasteiger partial charge in [-0.1, -0.05) is 0 Å². The van der Waals surface area contributed by atoms with Crippen LogP contribution in [0.1, 0.15) is 30.1 Å². The lowest BCUT2D eigenvalue weighted by atomic mass is 10.1. The van der Waals surface area contributed by atoms with Gasteiger partial charge in [0.15, 0.2) is 5.78 Å². The van der Waals surface area contributed by atoms with Gasteiger partial charge in [0.2, 0.25) is 5.88 Å². The number of aromatic nitrogens is 1. The highest BCUT2D eigenvalue weighted by Gasteiger charge is 2.20. The molecule has 17 heavy (non-hydrogen) atoms. The largest absolute Gasteiger partial charge is 0.474 e. The van der Waals surface area contributed by atoms with Crippen LogP contribution in [0.5, 0.6) is 5.88 Å². The molecule has 1 saturated heterocycles. The van der Waals surface area contributed by atoms with E-state index < -0.39 is 0 Å². The molecule has 0 atom stereocenters. The van der Waals surface area contributed by atoms with Crippen molar-refractivity contribution in [3.8, 4) is 5.88 Å². The molecule has 1 aliphatic heterocycles. The van der Waals surface area contributed by atoms with E-state index in [2.05, 4.69) is 16.9 Å². The molecule has 4 nitrogen and oxygen atoms in total. The molecule has 0 N–H and O–H groups in total. The molecule has 1 aliphatic rings. The Kier molecular flexibility index (Phi) is 3.74. The highest BCUT2D eigenvalue weighted by molar-refractivity contribution is 5.96. The van der Waals surface area contributed by atoms with Crippen LogP contribution in [0.15, 0.2) is 18.3 Å². The molecule has 2 heterocycles. The molecule has 0 spiro atoms. The summed E-state index contributed by atoms with van der Waals surface area (Å²) in [5.41, 5.74) is 0.575. The van der Waals surface area contributed by atoms with E-state index in [0.717, 1.165) is 25.9 Å². The van der Waals surface area contributed by atoms with Gasteiger partial charge in [-0.2, -0.15) is 0 Å². The van der Waals surface area contributed by atoms with E-state index in [4.69, 9.17) is 4.74 Å². The molecule has 0 bridgehead atoms. The predicted octanol–water partition coefficient (Wildman–Crippen LogP) is 1.76. The van der Waals surface area contributed by atoms with Crippen LogP contribution in [0.25, 0.3) is 0 Å². The third kappa shape index (κ3) is 3.03. The second-order valence-electron chi connectivity index (χ2n) is 4.53. The second-order valence-corrected chi connectivity index (χ2v) is 4.53. The molecular formula is C13H18N2O2. The number of hydrogen-bond acceptors (Lipinski definition) is 4. The van der Waals surface area contributed by atoms with E-state index in [-0.39, 0.29) is 11.9 Å². The highest BCUT2D eigenvalue weighted by atomic mass is 16.5. The summed E-state index contributed by atoms with van der Waals surface area (Å²) in [5.74, 6) is 0.482. The number of nitrogens with zero attached hydrogens (tertiary/aromatic N) is 2. The van der Waals surface area contributed by atoms with Gasteiger partial charge < -0.3 is 9.64 Å². The fourth-order valence-electron chi connectivity index (χ4n) is 2.01. The average molecular weight is 234 g/mol. The number of ketones is 1. The molecule has 0 radical (unpaired) electrons. The number of ether oxygens (including phenoxy) is 1. The van der Waals surface area contributed by atoms with Gasteiger partial charge in [-0.15, -0.1) is 0 Å². The molecule has 92 valence electrons. The van der Waals surface area contributed by atoms with Crippen molar-refractivity contribution in [3.63, 3.8) is 0 Å². The number of likely N-dealkylation sites (tertiary alicyclic amines) is 1. The number of carbonyl (C=O) groups excluding carboxylic acids is 1. The number of pyridine rings is 1. The molecule has 0 aliphatic carbocycles. The zero-order valence-electron chi connectivity index (χ0n) is 10.3. The lowest BCUT2D eigenvalue weighted by molar-refractivity contribution is 0.0969. The van der Waals surface area contributed by atoms with Crippen LogP contribution in [0, 0.1) is 0 Å². The minimum Gasteiger partial charge on any atom is -0.474 e. The first-order valence-corrected chi connectivity index (χ1v) is 5.98. The third-order valence-electron chi connectivity index (χ3n) is 3.09. The van der Waals surface area contributed by atoms with E-state index in [1.165, 1.54) is 0 Å². The third-order valence-corrected chi connectivity index (χ3v) is 3.09. The molecule has 2 rings (SSSR count). The maximum atomic E-state index is 11.4. The number of rotatable bonds is 3. The van der Waals surface area contributed by atoms with Crippen LogP contribution in [0.3, 0.4) is 0 Å². The monoisotopic (exact) mass is 234 g/mol. The summed E-state index contributed by atoms with van der Waals surface area (Å²) in [4.78, 5) is 17.9. The molecule has 0 unspecified atom stereocenters. The summed E-state index contributed by atoms with van der Waals surface area (Å²) in [6, 6.07) is 3.53. The maximum absolute atomic E-state index is 11.4. The Bertz CT molecular complexity index is 398. The summed E-state index contributed by atoms with van der Waals surface area (Å²) in [6.45, 7) is 3.61. The predicted molar refractivity (Wildman–Crippen MR) is 65.4 cm³/mol. The number of Topliss-reactive ketones (excluding diaryl/α,β-unsaturated/α-hetero) is 1. The van der Waals surface area contributed by atoms with Crippen molar-refractivity contribution in [2.75, 3.05) is 20.1 Å². The van der Waals surface area contributed by atoms with E-state index >= 15 is 0 Å². The van der Waals surface area contributed by atoms with Gasteiger partial charge in [0.05, 0.1) is 5.56 Å². The van der Waals surface area contributed by atoms with Crippen LogP contribution in [0.4, 0.5) is 0 Å². The SMILES string of the molecule is CC(=O)c1cccnc1OC1CCN(C)CC1. The fourth-order valence-corrected chi connectivity index (χ4v) is 2.01. The minimum absolute atomic E-state index is 0.000951. The summed E-state index contributed by atoms with van der Waals surface area (Å²) < 4.78 is 5.84. The normalized spacial score (nSPS) is 18.0. The van der Waals surface area contributed by atoms with Crippen LogP contribution in [-0.4, -0.2) is 41.9 Å². The first kappa shape index (κ1) is 12.0. The van der Waals surface area contributed by atoms with Crippen molar-refractivity contribution < 1.29 is 9.53 Å². The van der Waals surface area contributed by atoms with Gasteiger partial charge in [0, 0.05) is 19.3 Å². The Morgan fingerprint density at radius 1 is 1.47 bits per heavy atom. The second kappa shape index (κ2) is 5.27. The van der Waals surface area contributed by atoms with E-state index in [1.807, 2.05) is 0 Å². The maximum Gasteiger partial charge on any atom is 0.224 e. The number of piperidine rings is 1. The molecule has 1 fully saturated rings. The summed E-state index contributed by atoms with van der Waals surface area (Å²) in [5, 5.41) is 0. The van der Waals surface area contributed by atoms with Crippen molar-refractivity contribution >= 4 is 5.78 Å². The standard InChI is InChI=1S/C13H18N2O2/c1-10(16)12-4-3-7-14-13(12)17-11-5-8-15(2)9-6-11/h3-4,7,11H,5-6,8-9H2,1-2H3. The van der Waals surface area contributed by atoms with E-state index in [1.54, 1.807) is 25.3 Å². The molecule has 0 saturated carbocycles. The quantitative estimate of drug-likeness (QED) is 0.747. The Morgan fingerprint density at radius 2 is 2.18 bits per heavy atom. The molecule has 0 aromatic carbocycles. The first-order chi connectivity index (χ1) is 8.16. The molecule has 4 heteroatoms. The molecule has 1 aromatic heterocycles. The lowest BCUT2D eigenvalue weighted by Gasteiger charge is -2.29. The van der Waals surface area contributed by atoms with Crippen LogP contribution in [-0.2, 0) is 0 Å². The van der Waals surface area contributed by atoms with Gasteiger partial charge in [0.1, 0.15) is 6.10 Å². The van der Waals surface area contributed by atoms with E-state index in [9.17, 15) is 4.79 Å². The minimum atomic E-state index is 0.000951. The van der Waals surface area contributed by atoms with Crippen LogP contribution < -0.4 is 4.74 Å². The van der Waals surface area contributed by atoms with Crippen LogP contribution >= 0.6 is 0 Å². The fraction of sp³-hybridized carbons (Fsp3) is 0.538. The van der Waals surface area contributed by atoms with Gasteiger partial charge in [-0.25, -0.2) is 4.98 Å². The first-order valence-electron chi connectivity index (χ1n) is 5.98. The number of hydrogen-bond donors (Lipinski definition) is 0. The van der Waals surface area contributed by atoms with Crippen molar-refractivity contribution in [3.05, 3.63) is 23.9 Å². The molecule has 1 aromatic rings. The van der Waals surface area contributed by atoms with Crippen molar-refractivity contribution in [1.82, 2.24) is 9.88 Å². The van der Waals surface area contributed by atoms with Crippen molar-refractivity contribution in [2.45, 2.75) is 25.9 Å². The number of carbonyl (C=O) groups is 1. The Morgan fingerprint density at radius 3 is 2.82 bits per heavy atom.